The van der Waals surface area contributed by atoms with E-state index in [0.29, 0.717) is 0 Å². The molecule has 26 heavy (non-hydrogen) atoms. The van der Waals surface area contributed by atoms with E-state index >= 15 is 0 Å². The van der Waals surface area contributed by atoms with Gasteiger partial charge < -0.3 is 4.74 Å². The van der Waals surface area contributed by atoms with Crippen LogP contribution in [0.2, 0.25) is 0 Å². The molecule has 0 atom stereocenters. The summed E-state index contributed by atoms with van der Waals surface area (Å²) < 4.78 is 81.2. The van der Waals surface area contributed by atoms with Crippen molar-refractivity contribution in [2.24, 2.45) is 0 Å². The van der Waals surface area contributed by atoms with Crippen LogP contribution in [0.1, 0.15) is 25.3 Å². The fraction of sp³-hybridized carbons (Fsp3) is 0.294. The summed E-state index contributed by atoms with van der Waals surface area (Å²) >= 11 is 0. The number of benzene rings is 2. The first kappa shape index (κ1) is 20.0. The molecule has 142 valence electrons. The first-order chi connectivity index (χ1) is 12.0. The SMILES string of the molecule is CC(C)c1ccc(S(=O)(=O)Nc2cccc(OC(F)(F)C(F)F)c2)cc1. The van der Waals surface area contributed by atoms with Gasteiger partial charge in [-0.25, -0.2) is 8.42 Å². The molecule has 2 rings (SSSR count). The first-order valence-corrected chi connectivity index (χ1v) is 9.07. The van der Waals surface area contributed by atoms with Crippen LogP contribution in [-0.4, -0.2) is 21.0 Å². The Kier molecular flexibility index (Phi) is 5.80. The van der Waals surface area contributed by atoms with Gasteiger partial charge in [0, 0.05) is 6.07 Å². The van der Waals surface area contributed by atoms with Crippen molar-refractivity contribution in [3.8, 4) is 5.75 Å². The average molecular weight is 391 g/mol. The smallest absolute Gasteiger partial charge is 0.428 e. The van der Waals surface area contributed by atoms with Crippen molar-refractivity contribution in [3.05, 3.63) is 54.1 Å². The number of nitrogens with one attached hydrogen (secondary N) is 1. The Balaban J connectivity index is 2.20. The third-order valence-electron chi connectivity index (χ3n) is 3.45. The molecule has 0 radical (unpaired) electrons. The maximum atomic E-state index is 13.0. The zero-order chi connectivity index (χ0) is 19.5. The normalized spacial score (nSPS) is 12.5. The quantitative estimate of drug-likeness (QED) is 0.687. The minimum Gasteiger partial charge on any atom is -0.428 e. The van der Waals surface area contributed by atoms with Gasteiger partial charge in [0.25, 0.3) is 10.0 Å². The molecule has 0 aromatic heterocycles. The predicted octanol–water partition coefficient (Wildman–Crippen LogP) is 4.85. The van der Waals surface area contributed by atoms with E-state index < -0.39 is 28.3 Å². The van der Waals surface area contributed by atoms with E-state index in [4.69, 9.17) is 0 Å². The van der Waals surface area contributed by atoms with Gasteiger partial charge in [-0.05, 0) is 35.7 Å². The first-order valence-electron chi connectivity index (χ1n) is 7.59. The van der Waals surface area contributed by atoms with Crippen LogP contribution in [0.4, 0.5) is 23.2 Å². The molecule has 0 bridgehead atoms. The Morgan fingerprint density at radius 1 is 1.04 bits per heavy atom. The molecule has 0 aliphatic carbocycles. The molecule has 4 nitrogen and oxygen atoms in total. The minimum atomic E-state index is -4.68. The van der Waals surface area contributed by atoms with Crippen LogP contribution in [0.15, 0.2) is 53.4 Å². The van der Waals surface area contributed by atoms with E-state index in [1.165, 1.54) is 24.3 Å². The van der Waals surface area contributed by atoms with Gasteiger partial charge in [-0.3, -0.25) is 4.72 Å². The van der Waals surface area contributed by atoms with Crippen molar-refractivity contribution in [1.29, 1.82) is 0 Å². The third kappa shape index (κ3) is 4.87. The topological polar surface area (TPSA) is 55.4 Å². The number of hydrogen-bond donors (Lipinski definition) is 1. The molecule has 9 heteroatoms. The molecule has 0 saturated heterocycles. The Bertz CT molecular complexity index is 853. The Labute approximate surface area is 148 Å². The van der Waals surface area contributed by atoms with Crippen molar-refractivity contribution in [3.63, 3.8) is 0 Å². The minimum absolute atomic E-state index is 0.0221. The number of sulfonamides is 1. The summed E-state index contributed by atoms with van der Waals surface area (Å²) in [6.45, 7) is 3.92. The van der Waals surface area contributed by atoms with Crippen LogP contribution in [0.3, 0.4) is 0 Å². The zero-order valence-electron chi connectivity index (χ0n) is 13.9. The molecule has 0 spiro atoms. The molecule has 0 unspecified atom stereocenters. The average Bonchev–Trinajstić information content (AvgIpc) is 2.54. The van der Waals surface area contributed by atoms with Gasteiger partial charge >= 0.3 is 12.5 Å². The van der Waals surface area contributed by atoms with Crippen LogP contribution >= 0.6 is 0 Å². The summed E-state index contributed by atoms with van der Waals surface area (Å²) in [5.41, 5.74) is 0.856. The van der Waals surface area contributed by atoms with Gasteiger partial charge in [-0.2, -0.15) is 17.6 Å². The largest absolute Gasteiger partial charge is 0.461 e. The second kappa shape index (κ2) is 7.53. The highest BCUT2D eigenvalue weighted by Gasteiger charge is 2.44. The number of halogens is 4. The van der Waals surface area contributed by atoms with Crippen LogP contribution in [0.5, 0.6) is 5.75 Å². The number of rotatable bonds is 7. The molecule has 0 heterocycles. The van der Waals surface area contributed by atoms with Crippen LogP contribution in [-0.2, 0) is 10.0 Å². The van der Waals surface area contributed by atoms with E-state index in [1.54, 1.807) is 12.1 Å². The Morgan fingerprint density at radius 3 is 2.19 bits per heavy atom. The maximum Gasteiger partial charge on any atom is 0.461 e. The molecule has 0 aliphatic heterocycles. The number of anilines is 1. The fourth-order valence-corrected chi connectivity index (χ4v) is 3.12. The lowest BCUT2D eigenvalue weighted by Crippen LogP contribution is -2.33. The molecule has 2 aromatic rings. The number of alkyl halides is 4. The summed E-state index contributed by atoms with van der Waals surface area (Å²) in [6, 6.07) is 10.6. The zero-order valence-corrected chi connectivity index (χ0v) is 14.7. The van der Waals surface area contributed by atoms with E-state index in [-0.39, 0.29) is 16.5 Å². The van der Waals surface area contributed by atoms with Crippen LogP contribution in [0.25, 0.3) is 0 Å². The predicted molar refractivity (Wildman–Crippen MR) is 89.4 cm³/mol. The van der Waals surface area contributed by atoms with Crippen molar-refractivity contribution in [1.82, 2.24) is 0 Å². The maximum absolute atomic E-state index is 13.0. The number of ether oxygens (including phenoxy) is 1. The van der Waals surface area contributed by atoms with Gasteiger partial charge in [0.15, 0.2) is 0 Å². The molecular formula is C17H17F4NO3S. The van der Waals surface area contributed by atoms with Gasteiger partial charge in [0.1, 0.15) is 5.75 Å². The molecule has 0 amide bonds. The van der Waals surface area contributed by atoms with E-state index in [2.05, 4.69) is 9.46 Å². The summed E-state index contributed by atoms with van der Waals surface area (Å²) in [5.74, 6) is -0.365. The molecule has 0 fully saturated rings. The lowest BCUT2D eigenvalue weighted by Gasteiger charge is -2.17. The fourth-order valence-electron chi connectivity index (χ4n) is 2.07. The summed E-state index contributed by atoms with van der Waals surface area (Å²) in [6.07, 6.45) is -8.69. The highest BCUT2D eigenvalue weighted by molar-refractivity contribution is 7.92. The third-order valence-corrected chi connectivity index (χ3v) is 4.85. The van der Waals surface area contributed by atoms with Crippen molar-refractivity contribution in [2.75, 3.05) is 4.72 Å². The second-order valence-corrected chi connectivity index (χ2v) is 7.50. The molecular weight excluding hydrogens is 374 g/mol. The lowest BCUT2D eigenvalue weighted by molar-refractivity contribution is -0.253. The Morgan fingerprint density at radius 2 is 1.65 bits per heavy atom. The highest BCUT2D eigenvalue weighted by atomic mass is 32.2. The van der Waals surface area contributed by atoms with E-state index in [0.717, 1.165) is 17.7 Å². The second-order valence-electron chi connectivity index (χ2n) is 5.82. The molecule has 2 aromatic carbocycles. The summed E-state index contributed by atoms with van der Waals surface area (Å²) in [5, 5.41) is 0. The number of hydrogen-bond acceptors (Lipinski definition) is 3. The molecule has 1 N–H and O–H groups in total. The van der Waals surface area contributed by atoms with Gasteiger partial charge in [-0.15, -0.1) is 0 Å². The van der Waals surface area contributed by atoms with E-state index in [9.17, 15) is 26.0 Å². The summed E-state index contributed by atoms with van der Waals surface area (Å²) in [7, 11) is -3.97. The van der Waals surface area contributed by atoms with Gasteiger partial charge in [-0.1, -0.05) is 32.0 Å². The molecule has 0 saturated carbocycles. The van der Waals surface area contributed by atoms with Crippen LogP contribution in [0, 0.1) is 0 Å². The summed E-state index contributed by atoms with van der Waals surface area (Å²) in [4.78, 5) is -0.0221. The van der Waals surface area contributed by atoms with Gasteiger partial charge in [0.2, 0.25) is 0 Å². The Hall–Kier alpha value is -2.29. The monoisotopic (exact) mass is 391 g/mol. The van der Waals surface area contributed by atoms with Gasteiger partial charge in [0.05, 0.1) is 10.6 Å². The van der Waals surface area contributed by atoms with Crippen molar-refractivity contribution in [2.45, 2.75) is 37.2 Å². The van der Waals surface area contributed by atoms with Crippen molar-refractivity contribution < 1.29 is 30.7 Å². The molecule has 0 aliphatic rings. The van der Waals surface area contributed by atoms with E-state index in [1.807, 2.05) is 13.8 Å². The highest BCUT2D eigenvalue weighted by Crippen LogP contribution is 2.29. The standard InChI is InChI=1S/C17H17F4NO3S/c1-11(2)12-6-8-15(9-7-12)26(23,24)22-13-4-3-5-14(10-13)25-17(20,21)16(18)19/h3-11,16,22H,1-2H3. The van der Waals surface area contributed by atoms with Crippen LogP contribution < -0.4 is 9.46 Å². The lowest BCUT2D eigenvalue weighted by atomic mass is 10.0. The van der Waals surface area contributed by atoms with Crippen molar-refractivity contribution >= 4 is 15.7 Å².